The summed E-state index contributed by atoms with van der Waals surface area (Å²) in [5, 5.41) is 14.2. The standard InChI is InChI=1S/C14H17FN2O2/c1-17-9-10(8-16-17)6-7-12(18)14-11(15)4-3-5-13(14)19-2/h3-5,8-9,12,18H,6-7H2,1-2H3. The zero-order valence-corrected chi connectivity index (χ0v) is 11.0. The van der Waals surface area contributed by atoms with Crippen molar-refractivity contribution in [2.45, 2.75) is 18.9 Å². The highest BCUT2D eigenvalue weighted by Crippen LogP contribution is 2.30. The minimum absolute atomic E-state index is 0.217. The predicted octanol–water partition coefficient (Wildman–Crippen LogP) is 2.23. The van der Waals surface area contributed by atoms with Gasteiger partial charge in [-0.15, -0.1) is 0 Å². The number of ether oxygens (including phenoxy) is 1. The molecule has 0 saturated heterocycles. The Bertz CT molecular complexity index is 554. The zero-order chi connectivity index (χ0) is 13.8. The van der Waals surface area contributed by atoms with Crippen LogP contribution >= 0.6 is 0 Å². The van der Waals surface area contributed by atoms with Gasteiger partial charge in [-0.1, -0.05) is 6.07 Å². The van der Waals surface area contributed by atoms with E-state index in [0.29, 0.717) is 18.6 Å². The van der Waals surface area contributed by atoms with Gasteiger partial charge in [0.05, 0.1) is 25.0 Å². The van der Waals surface area contributed by atoms with Gasteiger partial charge in [0.1, 0.15) is 11.6 Å². The quantitative estimate of drug-likeness (QED) is 0.901. The van der Waals surface area contributed by atoms with Crippen LogP contribution in [-0.2, 0) is 13.5 Å². The Balaban J connectivity index is 2.09. The third-order valence-electron chi connectivity index (χ3n) is 3.03. The van der Waals surface area contributed by atoms with E-state index in [1.165, 1.54) is 13.2 Å². The van der Waals surface area contributed by atoms with Gasteiger partial charge < -0.3 is 9.84 Å². The Morgan fingerprint density at radius 2 is 2.26 bits per heavy atom. The number of aliphatic hydroxyl groups excluding tert-OH is 1. The number of aryl methyl sites for hydroxylation is 2. The maximum Gasteiger partial charge on any atom is 0.132 e. The first-order valence-corrected chi connectivity index (χ1v) is 6.10. The number of aromatic nitrogens is 2. The zero-order valence-electron chi connectivity index (χ0n) is 11.0. The molecule has 4 nitrogen and oxygen atoms in total. The first-order valence-electron chi connectivity index (χ1n) is 6.10. The Kier molecular flexibility index (Phi) is 4.16. The van der Waals surface area contributed by atoms with Crippen LogP contribution in [-0.4, -0.2) is 22.0 Å². The van der Waals surface area contributed by atoms with Gasteiger partial charge in [-0.25, -0.2) is 4.39 Å². The second kappa shape index (κ2) is 5.84. The second-order valence-electron chi connectivity index (χ2n) is 4.43. The van der Waals surface area contributed by atoms with Gasteiger partial charge >= 0.3 is 0 Å². The van der Waals surface area contributed by atoms with Crippen molar-refractivity contribution in [3.63, 3.8) is 0 Å². The number of hydrogen-bond donors (Lipinski definition) is 1. The fraction of sp³-hybridized carbons (Fsp3) is 0.357. The van der Waals surface area contributed by atoms with Crippen molar-refractivity contribution >= 4 is 0 Å². The van der Waals surface area contributed by atoms with Gasteiger partial charge in [-0.3, -0.25) is 4.68 Å². The van der Waals surface area contributed by atoms with Crippen LogP contribution in [0.1, 0.15) is 23.7 Å². The highest BCUT2D eigenvalue weighted by Gasteiger charge is 2.18. The molecule has 1 atom stereocenters. The lowest BCUT2D eigenvalue weighted by Crippen LogP contribution is -2.05. The molecule has 0 aliphatic rings. The molecule has 0 saturated carbocycles. The molecule has 1 aromatic heterocycles. The predicted molar refractivity (Wildman–Crippen MR) is 69.4 cm³/mol. The first-order chi connectivity index (χ1) is 9.11. The molecule has 0 radical (unpaired) electrons. The van der Waals surface area contributed by atoms with Crippen LogP contribution in [0.15, 0.2) is 30.6 Å². The molecule has 0 aliphatic heterocycles. The molecule has 1 unspecified atom stereocenters. The van der Waals surface area contributed by atoms with E-state index >= 15 is 0 Å². The Hall–Kier alpha value is -1.88. The van der Waals surface area contributed by atoms with E-state index in [-0.39, 0.29) is 5.56 Å². The van der Waals surface area contributed by atoms with E-state index < -0.39 is 11.9 Å². The van der Waals surface area contributed by atoms with Crippen molar-refractivity contribution in [3.8, 4) is 5.75 Å². The summed E-state index contributed by atoms with van der Waals surface area (Å²) >= 11 is 0. The summed E-state index contributed by atoms with van der Waals surface area (Å²) in [6, 6.07) is 4.53. The summed E-state index contributed by atoms with van der Waals surface area (Å²) in [6.45, 7) is 0. The average Bonchev–Trinajstić information content (AvgIpc) is 2.81. The third-order valence-corrected chi connectivity index (χ3v) is 3.03. The largest absolute Gasteiger partial charge is 0.496 e. The number of nitrogens with zero attached hydrogens (tertiary/aromatic N) is 2. The van der Waals surface area contributed by atoms with Gasteiger partial charge in [-0.05, 0) is 30.5 Å². The molecule has 2 rings (SSSR count). The maximum atomic E-state index is 13.8. The van der Waals surface area contributed by atoms with Crippen LogP contribution in [0, 0.1) is 5.82 Å². The molecular formula is C14H17FN2O2. The minimum Gasteiger partial charge on any atom is -0.496 e. The Labute approximate surface area is 111 Å². The number of hydrogen-bond acceptors (Lipinski definition) is 3. The summed E-state index contributed by atoms with van der Waals surface area (Å²) in [4.78, 5) is 0. The van der Waals surface area contributed by atoms with E-state index in [0.717, 1.165) is 5.56 Å². The van der Waals surface area contributed by atoms with Gasteiger partial charge in [0.2, 0.25) is 0 Å². The minimum atomic E-state index is -0.892. The summed E-state index contributed by atoms with van der Waals surface area (Å²) < 4.78 is 20.5. The van der Waals surface area contributed by atoms with E-state index in [2.05, 4.69) is 5.10 Å². The topological polar surface area (TPSA) is 47.3 Å². The van der Waals surface area contributed by atoms with Crippen molar-refractivity contribution in [3.05, 3.63) is 47.5 Å². The van der Waals surface area contributed by atoms with Crippen LogP contribution in [0.25, 0.3) is 0 Å². The molecule has 0 bridgehead atoms. The van der Waals surface area contributed by atoms with Crippen LogP contribution < -0.4 is 4.74 Å². The fourth-order valence-corrected chi connectivity index (χ4v) is 2.07. The third kappa shape index (κ3) is 3.12. The lowest BCUT2D eigenvalue weighted by molar-refractivity contribution is 0.158. The first kappa shape index (κ1) is 13.5. The average molecular weight is 264 g/mol. The smallest absolute Gasteiger partial charge is 0.132 e. The van der Waals surface area contributed by atoms with Crippen LogP contribution in [0.3, 0.4) is 0 Å². The van der Waals surface area contributed by atoms with Gasteiger partial charge in [-0.2, -0.15) is 5.10 Å². The van der Waals surface area contributed by atoms with Crippen LogP contribution in [0.5, 0.6) is 5.75 Å². The number of methoxy groups -OCH3 is 1. The summed E-state index contributed by atoms with van der Waals surface area (Å²) in [6.07, 6.45) is 3.78. The highest BCUT2D eigenvalue weighted by molar-refractivity contribution is 5.36. The van der Waals surface area contributed by atoms with Gasteiger partial charge in [0.15, 0.2) is 0 Å². The molecule has 1 heterocycles. The lowest BCUT2D eigenvalue weighted by Gasteiger charge is -2.15. The van der Waals surface area contributed by atoms with Gasteiger partial charge in [0, 0.05) is 13.2 Å². The molecule has 0 fully saturated rings. The molecular weight excluding hydrogens is 247 g/mol. The molecule has 2 aromatic rings. The molecule has 1 N–H and O–H groups in total. The second-order valence-corrected chi connectivity index (χ2v) is 4.43. The van der Waals surface area contributed by atoms with Crippen LogP contribution in [0.4, 0.5) is 4.39 Å². The molecule has 1 aromatic carbocycles. The molecule has 0 aliphatic carbocycles. The number of benzene rings is 1. The maximum absolute atomic E-state index is 13.8. The lowest BCUT2D eigenvalue weighted by atomic mass is 10.0. The SMILES string of the molecule is COc1cccc(F)c1C(O)CCc1cnn(C)c1. The van der Waals surface area contributed by atoms with E-state index in [9.17, 15) is 9.50 Å². The van der Waals surface area contributed by atoms with Crippen molar-refractivity contribution in [2.75, 3.05) is 7.11 Å². The van der Waals surface area contributed by atoms with Gasteiger partial charge in [0.25, 0.3) is 0 Å². The summed E-state index contributed by atoms with van der Waals surface area (Å²) in [5.41, 5.74) is 1.23. The van der Waals surface area contributed by atoms with E-state index in [4.69, 9.17) is 4.74 Å². The number of rotatable bonds is 5. The van der Waals surface area contributed by atoms with Crippen molar-refractivity contribution < 1.29 is 14.2 Å². The molecule has 19 heavy (non-hydrogen) atoms. The molecule has 102 valence electrons. The normalized spacial score (nSPS) is 12.4. The molecule has 5 heteroatoms. The Morgan fingerprint density at radius 1 is 1.47 bits per heavy atom. The number of aliphatic hydroxyl groups is 1. The van der Waals surface area contributed by atoms with Crippen molar-refractivity contribution in [1.29, 1.82) is 0 Å². The van der Waals surface area contributed by atoms with E-state index in [1.807, 2.05) is 13.2 Å². The molecule has 0 spiro atoms. The number of halogens is 1. The monoisotopic (exact) mass is 264 g/mol. The Morgan fingerprint density at radius 3 is 2.89 bits per heavy atom. The van der Waals surface area contributed by atoms with Crippen LogP contribution in [0.2, 0.25) is 0 Å². The molecule has 0 amide bonds. The van der Waals surface area contributed by atoms with E-state index in [1.54, 1.807) is 23.0 Å². The fourth-order valence-electron chi connectivity index (χ4n) is 2.07. The van der Waals surface area contributed by atoms with Crippen molar-refractivity contribution in [2.24, 2.45) is 7.05 Å². The summed E-state index contributed by atoms with van der Waals surface area (Å²) in [5.74, 6) is -0.0725. The summed E-state index contributed by atoms with van der Waals surface area (Å²) in [7, 11) is 3.30. The highest BCUT2D eigenvalue weighted by atomic mass is 19.1. The van der Waals surface area contributed by atoms with Crippen molar-refractivity contribution in [1.82, 2.24) is 9.78 Å².